The van der Waals surface area contributed by atoms with Crippen molar-refractivity contribution in [2.75, 3.05) is 4.72 Å². The Balaban J connectivity index is 2.23. The number of nitrogens with one attached hydrogen (secondary N) is 1. The molecule has 0 radical (unpaired) electrons. The summed E-state index contributed by atoms with van der Waals surface area (Å²) in [5.41, 5.74) is 2.52. The van der Waals surface area contributed by atoms with Crippen molar-refractivity contribution in [3.05, 3.63) is 69.3 Å². The molecule has 0 aromatic heterocycles. The molecule has 22 heavy (non-hydrogen) atoms. The Kier molecular flexibility index (Phi) is 4.46. The van der Waals surface area contributed by atoms with Gasteiger partial charge in [-0.25, -0.2) is 8.42 Å². The van der Waals surface area contributed by atoms with Crippen LogP contribution in [0.4, 0.5) is 11.4 Å². The molecule has 6 nitrogen and oxygen atoms in total. The number of rotatable bonds is 5. The normalized spacial score (nSPS) is 11.2. The molecule has 0 saturated carbocycles. The number of hydrogen-bond acceptors (Lipinski definition) is 4. The molecule has 1 N–H and O–H groups in total. The topological polar surface area (TPSA) is 89.3 Å². The molecule has 2 aromatic rings. The Bertz CT molecular complexity index is 816. The molecular formula is C15H16N2O4S. The number of benzene rings is 2. The summed E-state index contributed by atoms with van der Waals surface area (Å²) >= 11 is 0. The van der Waals surface area contributed by atoms with Gasteiger partial charge >= 0.3 is 0 Å². The first-order chi connectivity index (χ1) is 10.3. The molecule has 0 aliphatic carbocycles. The smallest absolute Gasteiger partial charge is 0.269 e. The highest BCUT2D eigenvalue weighted by atomic mass is 32.2. The lowest BCUT2D eigenvalue weighted by Crippen LogP contribution is -2.16. The number of hydrogen-bond donors (Lipinski definition) is 1. The fourth-order valence-corrected chi connectivity index (χ4v) is 3.27. The van der Waals surface area contributed by atoms with Crippen molar-refractivity contribution in [1.82, 2.24) is 0 Å². The minimum atomic E-state index is -3.64. The minimum absolute atomic E-state index is 0.126. The Morgan fingerprint density at radius 3 is 2.55 bits per heavy atom. The largest absolute Gasteiger partial charge is 0.283 e. The van der Waals surface area contributed by atoms with Crippen molar-refractivity contribution in [1.29, 1.82) is 0 Å². The van der Waals surface area contributed by atoms with E-state index in [9.17, 15) is 18.5 Å². The Morgan fingerprint density at radius 1 is 1.14 bits per heavy atom. The average Bonchev–Trinajstić information content (AvgIpc) is 2.42. The van der Waals surface area contributed by atoms with Crippen molar-refractivity contribution < 1.29 is 13.3 Å². The van der Waals surface area contributed by atoms with Gasteiger partial charge in [-0.1, -0.05) is 24.3 Å². The van der Waals surface area contributed by atoms with Crippen LogP contribution in [0.15, 0.2) is 42.5 Å². The number of non-ortho nitro benzene ring substituents is 1. The molecule has 7 heteroatoms. The van der Waals surface area contributed by atoms with E-state index in [4.69, 9.17) is 0 Å². The maximum absolute atomic E-state index is 12.2. The summed E-state index contributed by atoms with van der Waals surface area (Å²) in [5, 5.41) is 10.7. The molecule has 0 aliphatic heterocycles. The highest BCUT2D eigenvalue weighted by molar-refractivity contribution is 7.91. The van der Waals surface area contributed by atoms with Gasteiger partial charge in [-0.15, -0.1) is 0 Å². The summed E-state index contributed by atoms with van der Waals surface area (Å²) in [6, 6.07) is 11.1. The fraction of sp³-hybridized carbons (Fsp3) is 0.200. The van der Waals surface area contributed by atoms with Crippen molar-refractivity contribution in [2.45, 2.75) is 19.6 Å². The van der Waals surface area contributed by atoms with Gasteiger partial charge in [0.1, 0.15) is 0 Å². The first-order valence-corrected chi connectivity index (χ1v) is 8.23. The SMILES string of the molecule is Cc1ccc(C)c(NS(=O)(=O)Cc2cccc([N+](=O)[O-])c2)c1. The molecule has 0 atom stereocenters. The van der Waals surface area contributed by atoms with Crippen LogP contribution in [0.3, 0.4) is 0 Å². The molecule has 0 heterocycles. The van der Waals surface area contributed by atoms with Gasteiger partial charge in [0.15, 0.2) is 0 Å². The van der Waals surface area contributed by atoms with Crippen molar-refractivity contribution in [2.24, 2.45) is 0 Å². The zero-order valence-electron chi connectivity index (χ0n) is 12.2. The monoisotopic (exact) mass is 320 g/mol. The van der Waals surface area contributed by atoms with Crippen LogP contribution in [-0.2, 0) is 15.8 Å². The molecule has 116 valence electrons. The number of aryl methyl sites for hydroxylation is 2. The Hall–Kier alpha value is -2.41. The van der Waals surface area contributed by atoms with Gasteiger partial charge in [0.25, 0.3) is 5.69 Å². The summed E-state index contributed by atoms with van der Waals surface area (Å²) in [5.74, 6) is -0.317. The van der Waals surface area contributed by atoms with Crippen molar-refractivity contribution in [3.8, 4) is 0 Å². The van der Waals surface area contributed by atoms with Crippen LogP contribution >= 0.6 is 0 Å². The summed E-state index contributed by atoms with van der Waals surface area (Å²) in [7, 11) is -3.64. The summed E-state index contributed by atoms with van der Waals surface area (Å²) in [6.45, 7) is 3.68. The van der Waals surface area contributed by atoms with E-state index in [0.29, 0.717) is 11.3 Å². The van der Waals surface area contributed by atoms with Crippen molar-refractivity contribution >= 4 is 21.4 Å². The minimum Gasteiger partial charge on any atom is -0.283 e. The second kappa shape index (κ2) is 6.15. The van der Waals surface area contributed by atoms with Crippen LogP contribution in [0.1, 0.15) is 16.7 Å². The van der Waals surface area contributed by atoms with Gasteiger partial charge < -0.3 is 0 Å². The molecule has 0 fully saturated rings. The number of nitrogens with zero attached hydrogens (tertiary/aromatic N) is 1. The number of sulfonamides is 1. The molecule has 0 saturated heterocycles. The third kappa shape index (κ3) is 4.05. The first-order valence-electron chi connectivity index (χ1n) is 6.58. The fourth-order valence-electron chi connectivity index (χ4n) is 2.03. The summed E-state index contributed by atoms with van der Waals surface area (Å²) < 4.78 is 27.0. The molecule has 0 spiro atoms. The second-order valence-electron chi connectivity index (χ2n) is 5.11. The standard InChI is InChI=1S/C15H16N2O4S/c1-11-6-7-12(2)15(8-11)16-22(20,21)10-13-4-3-5-14(9-13)17(18)19/h3-9,16H,10H2,1-2H3. The van der Waals surface area contributed by atoms with Gasteiger partial charge in [-0.2, -0.15) is 0 Å². The number of nitro benzene ring substituents is 1. The van der Waals surface area contributed by atoms with Crippen LogP contribution in [0.5, 0.6) is 0 Å². The van der Waals surface area contributed by atoms with Crippen LogP contribution in [0.25, 0.3) is 0 Å². The number of anilines is 1. The van der Waals surface area contributed by atoms with E-state index in [0.717, 1.165) is 11.1 Å². The maximum Gasteiger partial charge on any atom is 0.269 e. The van der Waals surface area contributed by atoms with Gasteiger partial charge in [-0.05, 0) is 36.6 Å². The molecule has 2 aromatic carbocycles. The Labute approximate surface area is 129 Å². The molecular weight excluding hydrogens is 304 g/mol. The van der Waals surface area contributed by atoms with E-state index in [1.807, 2.05) is 26.0 Å². The highest BCUT2D eigenvalue weighted by Gasteiger charge is 2.15. The van der Waals surface area contributed by atoms with Crippen molar-refractivity contribution in [3.63, 3.8) is 0 Å². The second-order valence-corrected chi connectivity index (χ2v) is 6.83. The van der Waals surface area contributed by atoms with Gasteiger partial charge in [-0.3, -0.25) is 14.8 Å². The summed E-state index contributed by atoms with van der Waals surface area (Å²) in [4.78, 5) is 10.2. The average molecular weight is 320 g/mol. The predicted molar refractivity (Wildman–Crippen MR) is 85.3 cm³/mol. The zero-order chi connectivity index (χ0) is 16.3. The highest BCUT2D eigenvalue weighted by Crippen LogP contribution is 2.20. The van der Waals surface area contributed by atoms with Gasteiger partial charge in [0.2, 0.25) is 10.0 Å². The summed E-state index contributed by atoms with van der Waals surface area (Å²) in [6.07, 6.45) is 0. The predicted octanol–water partition coefficient (Wildman–Crippen LogP) is 3.15. The van der Waals surface area contributed by atoms with E-state index in [1.54, 1.807) is 12.1 Å². The van der Waals surface area contributed by atoms with E-state index < -0.39 is 14.9 Å². The zero-order valence-corrected chi connectivity index (χ0v) is 13.1. The van der Waals surface area contributed by atoms with E-state index in [2.05, 4.69) is 4.72 Å². The molecule has 2 rings (SSSR count). The van der Waals surface area contributed by atoms with Crippen LogP contribution in [0.2, 0.25) is 0 Å². The third-order valence-electron chi connectivity index (χ3n) is 3.14. The van der Waals surface area contributed by atoms with E-state index in [-0.39, 0.29) is 11.4 Å². The molecule has 0 bridgehead atoms. The number of nitro groups is 1. The molecule has 0 amide bonds. The van der Waals surface area contributed by atoms with Crippen LogP contribution in [-0.4, -0.2) is 13.3 Å². The van der Waals surface area contributed by atoms with Gasteiger partial charge in [0, 0.05) is 12.1 Å². The molecule has 0 unspecified atom stereocenters. The van der Waals surface area contributed by atoms with Gasteiger partial charge in [0.05, 0.1) is 16.4 Å². The van der Waals surface area contributed by atoms with Crippen LogP contribution in [0, 0.1) is 24.0 Å². The maximum atomic E-state index is 12.2. The first kappa shape index (κ1) is 16.0. The molecule has 0 aliphatic rings. The lowest BCUT2D eigenvalue weighted by Gasteiger charge is -2.11. The third-order valence-corrected chi connectivity index (χ3v) is 4.38. The Morgan fingerprint density at radius 2 is 1.86 bits per heavy atom. The quantitative estimate of drug-likeness (QED) is 0.677. The lowest BCUT2D eigenvalue weighted by atomic mass is 10.1. The van der Waals surface area contributed by atoms with Crippen LogP contribution < -0.4 is 4.72 Å². The van der Waals surface area contributed by atoms with E-state index >= 15 is 0 Å². The van der Waals surface area contributed by atoms with E-state index in [1.165, 1.54) is 18.2 Å². The lowest BCUT2D eigenvalue weighted by molar-refractivity contribution is -0.384.